The normalized spacial score (nSPS) is 11.6. The van der Waals surface area contributed by atoms with Gasteiger partial charge >= 0.3 is 0 Å². The fraction of sp³-hybridized carbons (Fsp3) is 0.174. The van der Waals surface area contributed by atoms with E-state index in [0.717, 1.165) is 10.8 Å². The molecule has 138 valence electrons. The second-order valence-electron chi connectivity index (χ2n) is 6.14. The highest BCUT2D eigenvalue weighted by atomic mass is 16.5. The molecule has 3 aromatic carbocycles. The van der Waals surface area contributed by atoms with Gasteiger partial charge in [0.05, 0.1) is 0 Å². The van der Waals surface area contributed by atoms with Gasteiger partial charge in [0.1, 0.15) is 18.1 Å². The van der Waals surface area contributed by atoms with Crippen LogP contribution in [0, 0.1) is 0 Å². The summed E-state index contributed by atoms with van der Waals surface area (Å²) >= 11 is 0. The number of hydrogen-bond donors (Lipinski definition) is 1. The lowest BCUT2D eigenvalue weighted by Crippen LogP contribution is -2.32. The average Bonchev–Trinajstić information content (AvgIpc) is 2.70. The van der Waals surface area contributed by atoms with Crippen molar-refractivity contribution in [2.45, 2.75) is 19.4 Å². The Balaban J connectivity index is 1.69. The van der Waals surface area contributed by atoms with Crippen molar-refractivity contribution in [2.75, 3.05) is 11.9 Å². The lowest BCUT2D eigenvalue weighted by Gasteiger charge is -2.18. The number of hydrogen-bond acceptors (Lipinski definition) is 3. The summed E-state index contributed by atoms with van der Waals surface area (Å²) in [7, 11) is 0. The second kappa shape index (κ2) is 8.90. The first kappa shape index (κ1) is 18.5. The van der Waals surface area contributed by atoms with Crippen LogP contribution in [0.4, 0.5) is 5.69 Å². The van der Waals surface area contributed by atoms with Crippen molar-refractivity contribution in [3.8, 4) is 11.5 Å². The van der Waals surface area contributed by atoms with E-state index in [4.69, 9.17) is 9.47 Å². The monoisotopic (exact) mass is 361 g/mol. The van der Waals surface area contributed by atoms with E-state index < -0.39 is 6.10 Å². The van der Waals surface area contributed by atoms with E-state index in [0.29, 0.717) is 30.2 Å². The quantitative estimate of drug-likeness (QED) is 0.561. The number of ether oxygens (including phenoxy) is 2. The predicted molar refractivity (Wildman–Crippen MR) is 109 cm³/mol. The molecule has 4 nitrogen and oxygen atoms in total. The van der Waals surface area contributed by atoms with Crippen molar-refractivity contribution < 1.29 is 14.3 Å². The number of carbonyl (C=O) groups is 1. The van der Waals surface area contributed by atoms with Gasteiger partial charge < -0.3 is 14.8 Å². The van der Waals surface area contributed by atoms with E-state index in [2.05, 4.69) is 11.9 Å². The first-order valence-corrected chi connectivity index (χ1v) is 8.99. The number of anilines is 1. The molecule has 0 bridgehead atoms. The Morgan fingerprint density at radius 2 is 1.85 bits per heavy atom. The van der Waals surface area contributed by atoms with E-state index >= 15 is 0 Å². The van der Waals surface area contributed by atoms with Gasteiger partial charge in [-0.1, -0.05) is 56.0 Å². The smallest absolute Gasteiger partial charge is 0.265 e. The van der Waals surface area contributed by atoms with E-state index in [1.807, 2.05) is 67.6 Å². The highest BCUT2D eigenvalue weighted by Crippen LogP contribution is 2.23. The number of nitrogens with one attached hydrogen (secondary N) is 1. The fourth-order valence-electron chi connectivity index (χ4n) is 2.77. The molecule has 0 aliphatic carbocycles. The average molecular weight is 361 g/mol. The van der Waals surface area contributed by atoms with Crippen molar-refractivity contribution in [3.63, 3.8) is 0 Å². The van der Waals surface area contributed by atoms with Gasteiger partial charge in [0.25, 0.3) is 5.91 Å². The molecule has 27 heavy (non-hydrogen) atoms. The van der Waals surface area contributed by atoms with E-state index in [1.165, 1.54) is 0 Å². The highest BCUT2D eigenvalue weighted by Gasteiger charge is 2.19. The summed E-state index contributed by atoms with van der Waals surface area (Å²) in [5.74, 6) is 1.17. The molecule has 1 N–H and O–H groups in total. The van der Waals surface area contributed by atoms with Crippen molar-refractivity contribution in [1.82, 2.24) is 0 Å². The molecule has 0 saturated carbocycles. The van der Waals surface area contributed by atoms with Crippen molar-refractivity contribution >= 4 is 22.4 Å². The number of rotatable bonds is 8. The summed E-state index contributed by atoms with van der Waals surface area (Å²) in [4.78, 5) is 12.6. The molecule has 3 aromatic rings. The van der Waals surface area contributed by atoms with E-state index in [-0.39, 0.29) is 5.91 Å². The van der Waals surface area contributed by atoms with Gasteiger partial charge in [-0.2, -0.15) is 0 Å². The Kier molecular flexibility index (Phi) is 6.10. The summed E-state index contributed by atoms with van der Waals surface area (Å²) in [6.07, 6.45) is 1.66. The Bertz CT molecular complexity index is 936. The standard InChI is InChI=1S/C23H23NO3/c1-3-14-26-20-11-7-10-19(16-20)24-23(25)22(4-2)27-21-13-12-17-8-5-6-9-18(17)15-21/h3,5-13,15-16,22H,1,4,14H2,2H3,(H,24,25)/t22-/m0/s1. The minimum absolute atomic E-state index is 0.188. The van der Waals surface area contributed by atoms with Gasteiger partial charge in [0.2, 0.25) is 0 Å². The van der Waals surface area contributed by atoms with Crippen LogP contribution in [0.3, 0.4) is 0 Å². The molecule has 0 spiro atoms. The summed E-state index contributed by atoms with van der Waals surface area (Å²) in [6.45, 7) is 5.97. The molecule has 0 heterocycles. The highest BCUT2D eigenvalue weighted by molar-refractivity contribution is 5.94. The molecule has 0 aromatic heterocycles. The van der Waals surface area contributed by atoms with E-state index in [1.54, 1.807) is 12.1 Å². The summed E-state index contributed by atoms with van der Waals surface area (Å²) < 4.78 is 11.4. The predicted octanol–water partition coefficient (Wildman–Crippen LogP) is 5.20. The zero-order chi connectivity index (χ0) is 19.1. The Labute approximate surface area is 159 Å². The molecule has 0 saturated heterocycles. The first-order chi connectivity index (χ1) is 13.2. The van der Waals surface area contributed by atoms with Crippen LogP contribution in [0.25, 0.3) is 10.8 Å². The molecule has 0 radical (unpaired) electrons. The number of amides is 1. The summed E-state index contributed by atoms with van der Waals surface area (Å²) in [5.41, 5.74) is 0.669. The Hall–Kier alpha value is -3.27. The third-order valence-corrected chi connectivity index (χ3v) is 4.13. The first-order valence-electron chi connectivity index (χ1n) is 8.99. The van der Waals surface area contributed by atoms with Crippen LogP contribution < -0.4 is 14.8 Å². The molecule has 4 heteroatoms. The zero-order valence-electron chi connectivity index (χ0n) is 15.4. The number of fused-ring (bicyclic) bond motifs is 1. The number of carbonyl (C=O) groups excluding carboxylic acids is 1. The third kappa shape index (κ3) is 4.88. The van der Waals surface area contributed by atoms with Crippen molar-refractivity contribution in [1.29, 1.82) is 0 Å². The molecule has 0 aliphatic rings. The Morgan fingerprint density at radius 1 is 1.04 bits per heavy atom. The second-order valence-corrected chi connectivity index (χ2v) is 6.14. The molecule has 0 unspecified atom stereocenters. The maximum Gasteiger partial charge on any atom is 0.265 e. The van der Waals surface area contributed by atoms with Gasteiger partial charge in [-0.05, 0) is 41.5 Å². The topological polar surface area (TPSA) is 47.6 Å². The molecular weight excluding hydrogens is 338 g/mol. The molecule has 0 aliphatic heterocycles. The van der Waals surface area contributed by atoms with Crippen LogP contribution in [0.1, 0.15) is 13.3 Å². The number of benzene rings is 3. The van der Waals surface area contributed by atoms with Crippen LogP contribution in [0.2, 0.25) is 0 Å². The zero-order valence-corrected chi connectivity index (χ0v) is 15.4. The van der Waals surface area contributed by atoms with Crippen LogP contribution in [0.15, 0.2) is 79.4 Å². The molecule has 1 atom stereocenters. The minimum atomic E-state index is -0.580. The Morgan fingerprint density at radius 3 is 2.63 bits per heavy atom. The van der Waals surface area contributed by atoms with Gasteiger partial charge in [0, 0.05) is 11.8 Å². The lowest BCUT2D eigenvalue weighted by atomic mass is 10.1. The van der Waals surface area contributed by atoms with Crippen LogP contribution in [-0.2, 0) is 4.79 Å². The summed E-state index contributed by atoms with van der Waals surface area (Å²) in [5, 5.41) is 5.12. The molecule has 1 amide bonds. The maximum atomic E-state index is 12.6. The largest absolute Gasteiger partial charge is 0.489 e. The van der Waals surface area contributed by atoms with Crippen molar-refractivity contribution in [2.24, 2.45) is 0 Å². The van der Waals surface area contributed by atoms with Gasteiger partial charge in [0.15, 0.2) is 6.10 Å². The summed E-state index contributed by atoms with van der Waals surface area (Å²) in [6, 6.07) is 21.2. The maximum absolute atomic E-state index is 12.6. The third-order valence-electron chi connectivity index (χ3n) is 4.13. The van der Waals surface area contributed by atoms with E-state index in [9.17, 15) is 4.79 Å². The van der Waals surface area contributed by atoms with Crippen LogP contribution >= 0.6 is 0 Å². The lowest BCUT2D eigenvalue weighted by molar-refractivity contribution is -0.122. The fourth-order valence-corrected chi connectivity index (χ4v) is 2.77. The van der Waals surface area contributed by atoms with Crippen LogP contribution in [0.5, 0.6) is 11.5 Å². The minimum Gasteiger partial charge on any atom is -0.489 e. The molecule has 0 fully saturated rings. The molecular formula is C23H23NO3. The van der Waals surface area contributed by atoms with Gasteiger partial charge in [-0.3, -0.25) is 4.79 Å². The van der Waals surface area contributed by atoms with Crippen LogP contribution in [-0.4, -0.2) is 18.6 Å². The SMILES string of the molecule is C=CCOc1cccc(NC(=O)[C@H](CC)Oc2ccc3ccccc3c2)c1. The van der Waals surface area contributed by atoms with Gasteiger partial charge in [-0.15, -0.1) is 0 Å². The van der Waals surface area contributed by atoms with Crippen molar-refractivity contribution in [3.05, 3.63) is 79.4 Å². The van der Waals surface area contributed by atoms with Gasteiger partial charge in [-0.25, -0.2) is 0 Å². The molecule has 3 rings (SSSR count).